The van der Waals surface area contributed by atoms with Crippen LogP contribution in [0.15, 0.2) is 0 Å². The van der Waals surface area contributed by atoms with E-state index < -0.39 is 0 Å². The minimum atomic E-state index is -0.250. The molecule has 0 aromatic heterocycles. The molecule has 2 heterocycles. The van der Waals surface area contributed by atoms with Gasteiger partial charge in [-0.1, -0.05) is 0 Å². The maximum Gasteiger partial charge on any atom is 0.409 e. The fourth-order valence-corrected chi connectivity index (χ4v) is 3.41. The molecule has 2 aliphatic rings. The predicted octanol–water partition coefficient (Wildman–Crippen LogP) is 2.11. The number of carbonyl (C=O) groups excluding carboxylic acids is 1. The molecule has 1 amide bonds. The fourth-order valence-electron chi connectivity index (χ4n) is 3.41. The quantitative estimate of drug-likeness (QED) is 0.775. The van der Waals surface area contributed by atoms with Crippen LogP contribution in [0.25, 0.3) is 0 Å². The van der Waals surface area contributed by atoms with E-state index in [-0.39, 0.29) is 17.7 Å². The van der Waals surface area contributed by atoms with Gasteiger partial charge in [0.25, 0.3) is 0 Å². The Bertz CT molecular complexity index is 346. The number of ether oxygens (including phenoxy) is 2. The Balaban J connectivity index is 1.90. The molecule has 20 heavy (non-hydrogen) atoms. The summed E-state index contributed by atoms with van der Waals surface area (Å²) in [4.78, 5) is 15.6. The Morgan fingerprint density at radius 3 is 2.80 bits per heavy atom. The average molecular weight is 284 g/mol. The van der Waals surface area contributed by atoms with E-state index in [1.807, 2.05) is 0 Å². The van der Waals surface area contributed by atoms with Crippen LogP contribution in [-0.4, -0.2) is 67.4 Å². The fraction of sp³-hybridized carbons (Fsp3) is 0.933. The van der Waals surface area contributed by atoms with E-state index in [1.165, 1.54) is 17.7 Å². The van der Waals surface area contributed by atoms with Crippen molar-refractivity contribution in [3.8, 4) is 0 Å². The molecule has 2 rings (SSSR count). The van der Waals surface area contributed by atoms with Gasteiger partial charge in [-0.25, -0.2) is 4.79 Å². The number of amides is 1. The Kier molecular flexibility index (Phi) is 4.91. The first-order valence-electron chi connectivity index (χ1n) is 7.67. The smallest absolute Gasteiger partial charge is 0.409 e. The first-order chi connectivity index (χ1) is 9.44. The normalized spacial score (nSPS) is 29.8. The summed E-state index contributed by atoms with van der Waals surface area (Å²) in [7, 11) is 3.43. The number of hydrogen-bond donors (Lipinski definition) is 0. The molecule has 116 valence electrons. The predicted molar refractivity (Wildman–Crippen MR) is 77.8 cm³/mol. The zero-order valence-corrected chi connectivity index (χ0v) is 13.2. The largest absolute Gasteiger partial charge is 0.448 e. The third kappa shape index (κ3) is 3.26. The summed E-state index contributed by atoms with van der Waals surface area (Å²) in [5, 5.41) is 0. The molecule has 0 aromatic rings. The van der Waals surface area contributed by atoms with Crippen LogP contribution in [0.1, 0.15) is 39.5 Å². The van der Waals surface area contributed by atoms with Gasteiger partial charge in [0.15, 0.2) is 0 Å². The van der Waals surface area contributed by atoms with Crippen LogP contribution < -0.4 is 0 Å². The van der Waals surface area contributed by atoms with E-state index in [9.17, 15) is 4.79 Å². The van der Waals surface area contributed by atoms with Gasteiger partial charge in [-0.3, -0.25) is 4.90 Å². The third-order valence-electron chi connectivity index (χ3n) is 4.48. The molecule has 5 heteroatoms. The zero-order valence-electron chi connectivity index (χ0n) is 13.2. The van der Waals surface area contributed by atoms with Crippen LogP contribution in [0.3, 0.4) is 0 Å². The standard InChI is InChI=1S/C15H28N2O3/c1-12(2)20-11-15-7-5-9-17(15)13(6-8-15)10-19-14(18)16(3)4/h12-13H,5-11H2,1-4H3/t13-,15-/m0/s1. The zero-order chi connectivity index (χ0) is 14.8. The summed E-state index contributed by atoms with van der Waals surface area (Å²) in [5.41, 5.74) is 0.194. The Labute approximate surface area is 122 Å². The molecule has 5 nitrogen and oxygen atoms in total. The lowest BCUT2D eigenvalue weighted by atomic mass is 9.95. The number of carbonyl (C=O) groups is 1. The van der Waals surface area contributed by atoms with Gasteiger partial charge in [0.1, 0.15) is 6.61 Å². The number of hydrogen-bond acceptors (Lipinski definition) is 4. The van der Waals surface area contributed by atoms with Crippen LogP contribution in [0.5, 0.6) is 0 Å². The van der Waals surface area contributed by atoms with Crippen molar-refractivity contribution in [1.82, 2.24) is 9.80 Å². The SMILES string of the molecule is CC(C)OC[C@@]12CCCN1[C@H](COC(=O)N(C)C)CC2. The van der Waals surface area contributed by atoms with Crippen molar-refractivity contribution < 1.29 is 14.3 Å². The van der Waals surface area contributed by atoms with E-state index in [1.54, 1.807) is 14.1 Å². The maximum atomic E-state index is 11.5. The molecular formula is C15H28N2O3. The van der Waals surface area contributed by atoms with Crippen molar-refractivity contribution in [2.75, 3.05) is 33.9 Å². The highest BCUT2D eigenvalue weighted by molar-refractivity contribution is 5.66. The van der Waals surface area contributed by atoms with Crippen molar-refractivity contribution in [2.45, 2.75) is 57.2 Å². The summed E-state index contributed by atoms with van der Waals surface area (Å²) in [6.45, 7) is 6.58. The van der Waals surface area contributed by atoms with Crippen molar-refractivity contribution in [3.05, 3.63) is 0 Å². The Hall–Kier alpha value is -0.810. The highest BCUT2D eigenvalue weighted by Crippen LogP contribution is 2.42. The minimum Gasteiger partial charge on any atom is -0.448 e. The molecule has 0 saturated carbocycles. The third-order valence-corrected chi connectivity index (χ3v) is 4.48. The lowest BCUT2D eigenvalue weighted by molar-refractivity contribution is -0.0121. The lowest BCUT2D eigenvalue weighted by Gasteiger charge is -2.35. The van der Waals surface area contributed by atoms with Gasteiger partial charge < -0.3 is 14.4 Å². The van der Waals surface area contributed by atoms with Crippen LogP contribution in [0.4, 0.5) is 4.79 Å². The van der Waals surface area contributed by atoms with Crippen LogP contribution >= 0.6 is 0 Å². The van der Waals surface area contributed by atoms with Crippen molar-refractivity contribution in [3.63, 3.8) is 0 Å². The van der Waals surface area contributed by atoms with Crippen molar-refractivity contribution in [1.29, 1.82) is 0 Å². The lowest BCUT2D eigenvalue weighted by Crippen LogP contribution is -2.47. The summed E-state index contributed by atoms with van der Waals surface area (Å²) >= 11 is 0. The molecule has 0 unspecified atom stereocenters. The van der Waals surface area contributed by atoms with E-state index in [0.717, 1.165) is 26.0 Å². The van der Waals surface area contributed by atoms with Gasteiger partial charge in [-0.2, -0.15) is 0 Å². The van der Waals surface area contributed by atoms with E-state index in [0.29, 0.717) is 12.6 Å². The first-order valence-corrected chi connectivity index (χ1v) is 7.67. The first kappa shape index (κ1) is 15.6. The Morgan fingerprint density at radius 1 is 1.40 bits per heavy atom. The molecule has 2 fully saturated rings. The number of fused-ring (bicyclic) bond motifs is 1. The molecule has 2 atom stereocenters. The van der Waals surface area contributed by atoms with Crippen LogP contribution in [-0.2, 0) is 9.47 Å². The highest BCUT2D eigenvalue weighted by atomic mass is 16.6. The second-order valence-electron chi connectivity index (χ2n) is 6.54. The highest BCUT2D eigenvalue weighted by Gasteiger charge is 2.49. The number of rotatable bonds is 5. The average Bonchev–Trinajstić information content (AvgIpc) is 2.92. The molecule has 2 saturated heterocycles. The van der Waals surface area contributed by atoms with Gasteiger partial charge in [-0.05, 0) is 46.1 Å². The molecule has 0 aliphatic carbocycles. The molecular weight excluding hydrogens is 256 g/mol. The second-order valence-corrected chi connectivity index (χ2v) is 6.54. The molecule has 0 bridgehead atoms. The summed E-state index contributed by atoms with van der Waals surface area (Å²) in [6, 6.07) is 0.358. The van der Waals surface area contributed by atoms with E-state index in [4.69, 9.17) is 9.47 Å². The van der Waals surface area contributed by atoms with Gasteiger partial charge in [0, 0.05) is 25.7 Å². The molecule has 0 spiro atoms. The van der Waals surface area contributed by atoms with Gasteiger partial charge >= 0.3 is 6.09 Å². The number of nitrogens with zero attached hydrogens (tertiary/aromatic N) is 2. The molecule has 2 aliphatic heterocycles. The van der Waals surface area contributed by atoms with E-state index in [2.05, 4.69) is 18.7 Å². The topological polar surface area (TPSA) is 42.0 Å². The molecule has 0 aromatic carbocycles. The molecule has 0 N–H and O–H groups in total. The van der Waals surface area contributed by atoms with Crippen molar-refractivity contribution in [2.24, 2.45) is 0 Å². The second kappa shape index (κ2) is 6.31. The van der Waals surface area contributed by atoms with Crippen molar-refractivity contribution >= 4 is 6.09 Å². The summed E-state index contributed by atoms with van der Waals surface area (Å²) in [6.07, 6.45) is 4.71. The van der Waals surface area contributed by atoms with Gasteiger partial charge in [0.2, 0.25) is 0 Å². The maximum absolute atomic E-state index is 11.5. The summed E-state index contributed by atoms with van der Waals surface area (Å²) in [5.74, 6) is 0. The van der Waals surface area contributed by atoms with Crippen LogP contribution in [0, 0.1) is 0 Å². The Morgan fingerprint density at radius 2 is 2.15 bits per heavy atom. The molecule has 0 radical (unpaired) electrons. The monoisotopic (exact) mass is 284 g/mol. The van der Waals surface area contributed by atoms with Crippen LogP contribution in [0.2, 0.25) is 0 Å². The summed E-state index contributed by atoms with van der Waals surface area (Å²) < 4.78 is 11.3. The van der Waals surface area contributed by atoms with Gasteiger partial charge in [0.05, 0.1) is 12.7 Å². The minimum absolute atomic E-state index is 0.194. The van der Waals surface area contributed by atoms with E-state index >= 15 is 0 Å². The van der Waals surface area contributed by atoms with Gasteiger partial charge in [-0.15, -0.1) is 0 Å².